The van der Waals surface area contributed by atoms with Gasteiger partial charge in [0, 0.05) is 37.4 Å². The monoisotopic (exact) mass is 231 g/mol. The lowest BCUT2D eigenvalue weighted by atomic mass is 10.1. The van der Waals surface area contributed by atoms with E-state index in [2.05, 4.69) is 9.88 Å². The highest BCUT2D eigenvalue weighted by Crippen LogP contribution is 2.21. The van der Waals surface area contributed by atoms with E-state index in [1.807, 2.05) is 24.5 Å². The van der Waals surface area contributed by atoms with Gasteiger partial charge in [0.25, 0.3) is 5.56 Å². The number of hydrogen-bond acceptors (Lipinski definition) is 2. The molecule has 3 heterocycles. The molecule has 1 N–H and O–H groups in total. The standard InChI is InChI=1S/C13H17N3O/c1-15-7-4-10-5-8-16(12(10)13(15)17)11-3-2-6-14-9-11/h4-5,7-8,11,14H,2-3,6,9H2,1H3. The first kappa shape index (κ1) is 10.6. The highest BCUT2D eigenvalue weighted by Gasteiger charge is 2.17. The molecule has 0 spiro atoms. The molecule has 1 atom stereocenters. The summed E-state index contributed by atoms with van der Waals surface area (Å²) < 4.78 is 3.79. The summed E-state index contributed by atoms with van der Waals surface area (Å²) in [5.74, 6) is 0. The Morgan fingerprint density at radius 2 is 2.18 bits per heavy atom. The number of rotatable bonds is 1. The van der Waals surface area contributed by atoms with Crippen molar-refractivity contribution in [1.82, 2.24) is 14.5 Å². The largest absolute Gasteiger partial charge is 0.339 e. The molecule has 4 nitrogen and oxygen atoms in total. The maximum absolute atomic E-state index is 12.2. The van der Waals surface area contributed by atoms with Crippen LogP contribution in [0.5, 0.6) is 0 Å². The van der Waals surface area contributed by atoms with E-state index in [1.165, 1.54) is 6.42 Å². The number of fused-ring (bicyclic) bond motifs is 1. The van der Waals surface area contributed by atoms with Crippen molar-refractivity contribution in [2.75, 3.05) is 13.1 Å². The van der Waals surface area contributed by atoms with Crippen LogP contribution in [0, 0.1) is 0 Å². The van der Waals surface area contributed by atoms with E-state index < -0.39 is 0 Å². The van der Waals surface area contributed by atoms with Crippen molar-refractivity contribution in [2.45, 2.75) is 18.9 Å². The van der Waals surface area contributed by atoms with Gasteiger partial charge in [-0.3, -0.25) is 4.79 Å². The molecular formula is C13H17N3O. The second kappa shape index (κ2) is 4.04. The molecule has 0 aromatic carbocycles. The number of nitrogens with one attached hydrogen (secondary N) is 1. The van der Waals surface area contributed by atoms with Crippen molar-refractivity contribution in [2.24, 2.45) is 7.05 Å². The summed E-state index contributed by atoms with van der Waals surface area (Å²) in [5.41, 5.74) is 0.932. The molecule has 0 aliphatic carbocycles. The van der Waals surface area contributed by atoms with E-state index in [4.69, 9.17) is 0 Å². The van der Waals surface area contributed by atoms with Gasteiger partial charge in [0.05, 0.1) is 0 Å². The number of aryl methyl sites for hydroxylation is 1. The van der Waals surface area contributed by atoms with E-state index in [1.54, 1.807) is 11.6 Å². The van der Waals surface area contributed by atoms with E-state index in [-0.39, 0.29) is 5.56 Å². The van der Waals surface area contributed by atoms with Crippen LogP contribution in [-0.2, 0) is 7.05 Å². The van der Waals surface area contributed by atoms with Gasteiger partial charge in [0.15, 0.2) is 0 Å². The third-order valence-corrected chi connectivity index (χ3v) is 3.61. The molecule has 2 aromatic rings. The normalized spacial score (nSPS) is 20.9. The summed E-state index contributed by atoms with van der Waals surface area (Å²) in [6.45, 7) is 2.05. The fraction of sp³-hybridized carbons (Fsp3) is 0.462. The van der Waals surface area contributed by atoms with Gasteiger partial charge < -0.3 is 14.5 Å². The van der Waals surface area contributed by atoms with Crippen molar-refractivity contribution in [3.63, 3.8) is 0 Å². The number of nitrogens with zero attached hydrogens (tertiary/aromatic N) is 2. The molecule has 1 unspecified atom stereocenters. The van der Waals surface area contributed by atoms with Crippen LogP contribution in [-0.4, -0.2) is 22.2 Å². The zero-order chi connectivity index (χ0) is 11.8. The minimum absolute atomic E-state index is 0.0954. The Hall–Kier alpha value is -1.55. The van der Waals surface area contributed by atoms with Crippen molar-refractivity contribution in [1.29, 1.82) is 0 Å². The van der Waals surface area contributed by atoms with Crippen LogP contribution in [0.4, 0.5) is 0 Å². The highest BCUT2D eigenvalue weighted by atomic mass is 16.1. The van der Waals surface area contributed by atoms with Gasteiger partial charge in [-0.15, -0.1) is 0 Å². The van der Waals surface area contributed by atoms with Crippen LogP contribution >= 0.6 is 0 Å². The van der Waals surface area contributed by atoms with Gasteiger partial charge in [-0.25, -0.2) is 0 Å². The SMILES string of the molecule is Cn1ccc2ccn(C3CCCNC3)c2c1=O. The molecule has 3 rings (SSSR count). The molecule has 1 aliphatic heterocycles. The molecule has 0 radical (unpaired) electrons. The topological polar surface area (TPSA) is 39.0 Å². The quantitative estimate of drug-likeness (QED) is 0.802. The fourth-order valence-corrected chi connectivity index (χ4v) is 2.63. The molecule has 0 bridgehead atoms. The molecule has 1 saturated heterocycles. The second-order valence-corrected chi connectivity index (χ2v) is 4.76. The zero-order valence-corrected chi connectivity index (χ0v) is 10.0. The summed E-state index contributed by atoms with van der Waals surface area (Å²) in [6, 6.07) is 4.45. The average molecular weight is 231 g/mol. The van der Waals surface area contributed by atoms with E-state index in [9.17, 15) is 4.79 Å². The summed E-state index contributed by atoms with van der Waals surface area (Å²) in [6.07, 6.45) is 6.20. The molecule has 0 saturated carbocycles. The van der Waals surface area contributed by atoms with Crippen LogP contribution in [0.15, 0.2) is 29.3 Å². The van der Waals surface area contributed by atoms with Gasteiger partial charge in [-0.1, -0.05) is 0 Å². The molecule has 17 heavy (non-hydrogen) atoms. The first-order valence-corrected chi connectivity index (χ1v) is 6.14. The Morgan fingerprint density at radius 3 is 2.94 bits per heavy atom. The van der Waals surface area contributed by atoms with Crippen LogP contribution in [0.2, 0.25) is 0 Å². The highest BCUT2D eigenvalue weighted by molar-refractivity contribution is 5.79. The molecule has 1 aliphatic rings. The number of hydrogen-bond donors (Lipinski definition) is 1. The van der Waals surface area contributed by atoms with Crippen LogP contribution in [0.3, 0.4) is 0 Å². The minimum Gasteiger partial charge on any atom is -0.339 e. The summed E-state index contributed by atoms with van der Waals surface area (Å²) >= 11 is 0. The van der Waals surface area contributed by atoms with Crippen molar-refractivity contribution in [3.05, 3.63) is 34.9 Å². The fourth-order valence-electron chi connectivity index (χ4n) is 2.63. The average Bonchev–Trinajstić information content (AvgIpc) is 2.79. The molecule has 0 amide bonds. The smallest absolute Gasteiger partial charge is 0.274 e. The zero-order valence-electron chi connectivity index (χ0n) is 10.0. The van der Waals surface area contributed by atoms with E-state index >= 15 is 0 Å². The second-order valence-electron chi connectivity index (χ2n) is 4.76. The Morgan fingerprint density at radius 1 is 1.35 bits per heavy atom. The summed E-state index contributed by atoms with van der Waals surface area (Å²) in [7, 11) is 1.80. The van der Waals surface area contributed by atoms with Crippen molar-refractivity contribution < 1.29 is 0 Å². The van der Waals surface area contributed by atoms with Gasteiger partial charge >= 0.3 is 0 Å². The van der Waals surface area contributed by atoms with Crippen LogP contribution in [0.25, 0.3) is 10.9 Å². The third kappa shape index (κ3) is 1.69. The maximum Gasteiger partial charge on any atom is 0.274 e. The van der Waals surface area contributed by atoms with Gasteiger partial charge in [0.1, 0.15) is 5.52 Å². The first-order valence-electron chi connectivity index (χ1n) is 6.14. The van der Waals surface area contributed by atoms with Crippen LogP contribution in [0.1, 0.15) is 18.9 Å². The Bertz CT molecular complexity index is 590. The summed E-state index contributed by atoms with van der Waals surface area (Å²) in [5, 5.41) is 4.43. The van der Waals surface area contributed by atoms with Crippen molar-refractivity contribution in [3.8, 4) is 0 Å². The number of piperidine rings is 1. The Labute approximate surface area is 99.9 Å². The maximum atomic E-state index is 12.2. The first-order chi connectivity index (χ1) is 8.27. The Kier molecular flexibility index (Phi) is 2.52. The molecular weight excluding hydrogens is 214 g/mol. The van der Waals surface area contributed by atoms with E-state index in [0.717, 1.165) is 30.4 Å². The Balaban J connectivity index is 2.16. The van der Waals surface area contributed by atoms with Crippen LogP contribution < -0.4 is 10.9 Å². The predicted molar refractivity (Wildman–Crippen MR) is 68.3 cm³/mol. The number of pyridine rings is 1. The predicted octanol–water partition coefficient (Wildman–Crippen LogP) is 1.26. The third-order valence-electron chi connectivity index (χ3n) is 3.61. The molecule has 2 aromatic heterocycles. The van der Waals surface area contributed by atoms with Gasteiger partial charge in [-0.2, -0.15) is 0 Å². The number of aromatic nitrogens is 2. The van der Waals surface area contributed by atoms with Crippen molar-refractivity contribution >= 4 is 10.9 Å². The lowest BCUT2D eigenvalue weighted by molar-refractivity contribution is 0.378. The molecule has 1 fully saturated rings. The summed E-state index contributed by atoms with van der Waals surface area (Å²) in [4.78, 5) is 12.2. The molecule has 90 valence electrons. The lowest BCUT2D eigenvalue weighted by Crippen LogP contribution is -2.32. The van der Waals surface area contributed by atoms with E-state index in [0.29, 0.717) is 6.04 Å². The van der Waals surface area contributed by atoms with Gasteiger partial charge in [-0.05, 0) is 31.5 Å². The molecule has 4 heteroatoms. The minimum atomic E-state index is 0.0954. The van der Waals surface area contributed by atoms with Gasteiger partial charge in [0.2, 0.25) is 0 Å². The lowest BCUT2D eigenvalue weighted by Gasteiger charge is -2.25.